The first-order valence-electron chi connectivity index (χ1n) is 9.15. The number of ether oxygens (including phenoxy) is 2. The van der Waals surface area contributed by atoms with Crippen LogP contribution in [0.25, 0.3) is 11.3 Å². The van der Waals surface area contributed by atoms with E-state index in [2.05, 4.69) is 15.6 Å². The number of rotatable bonds is 5. The Balaban J connectivity index is 0.00000140. The Bertz CT molecular complexity index is 798. The lowest BCUT2D eigenvalue weighted by atomic mass is 10.0. The van der Waals surface area contributed by atoms with Crippen LogP contribution in [0.5, 0.6) is 11.5 Å². The Hall–Kier alpha value is -2.02. The fourth-order valence-electron chi connectivity index (χ4n) is 3.37. The molecule has 1 saturated heterocycles. The van der Waals surface area contributed by atoms with Crippen molar-refractivity contribution in [3.63, 3.8) is 0 Å². The van der Waals surface area contributed by atoms with Gasteiger partial charge in [0.25, 0.3) is 0 Å². The number of pyridine rings is 1. The Morgan fingerprint density at radius 3 is 2.75 bits per heavy atom. The van der Waals surface area contributed by atoms with Crippen LogP contribution in [-0.2, 0) is 4.79 Å². The zero-order valence-electron chi connectivity index (χ0n) is 15.5. The van der Waals surface area contributed by atoms with Crippen molar-refractivity contribution in [1.29, 1.82) is 0 Å². The average Bonchev–Trinajstić information content (AvgIpc) is 3.20. The van der Waals surface area contributed by atoms with Crippen LogP contribution in [0.2, 0.25) is 0 Å². The molecule has 4 rings (SSSR count). The van der Waals surface area contributed by atoms with E-state index in [-0.39, 0.29) is 30.7 Å². The van der Waals surface area contributed by atoms with Crippen molar-refractivity contribution in [3.05, 3.63) is 36.4 Å². The van der Waals surface area contributed by atoms with E-state index < -0.39 is 0 Å². The smallest absolute Gasteiger partial charge is 0.225 e. The third-order valence-corrected chi connectivity index (χ3v) is 4.80. The Kier molecular flexibility index (Phi) is 8.35. The van der Waals surface area contributed by atoms with Crippen molar-refractivity contribution in [3.8, 4) is 22.8 Å². The van der Waals surface area contributed by atoms with Gasteiger partial charge in [0.2, 0.25) is 5.91 Å². The summed E-state index contributed by atoms with van der Waals surface area (Å²) >= 11 is 0. The minimum atomic E-state index is 0. The number of fused-ring (bicyclic) bond motifs is 1. The molecule has 2 N–H and O–H groups in total. The highest BCUT2D eigenvalue weighted by Crippen LogP contribution is 2.34. The van der Waals surface area contributed by atoms with E-state index in [0.717, 1.165) is 48.7 Å². The Labute approximate surface area is 177 Å². The third kappa shape index (κ3) is 5.50. The van der Waals surface area contributed by atoms with Gasteiger partial charge in [-0.25, -0.2) is 4.98 Å². The topological polar surface area (TPSA) is 72.5 Å². The zero-order chi connectivity index (χ0) is 17.8. The van der Waals surface area contributed by atoms with Gasteiger partial charge >= 0.3 is 0 Å². The first-order chi connectivity index (χ1) is 12.8. The summed E-state index contributed by atoms with van der Waals surface area (Å²) in [7, 11) is 0. The Morgan fingerprint density at radius 1 is 1.14 bits per heavy atom. The molecule has 1 atom stereocenters. The van der Waals surface area contributed by atoms with Gasteiger partial charge in [-0.15, -0.1) is 24.8 Å². The predicted molar refractivity (Wildman–Crippen MR) is 114 cm³/mol. The summed E-state index contributed by atoms with van der Waals surface area (Å²) < 4.78 is 11.2. The fourth-order valence-corrected chi connectivity index (χ4v) is 3.37. The molecule has 152 valence electrons. The number of nitrogens with one attached hydrogen (secondary N) is 2. The van der Waals surface area contributed by atoms with Gasteiger partial charge in [0.15, 0.2) is 11.5 Å². The zero-order valence-corrected chi connectivity index (χ0v) is 17.1. The largest absolute Gasteiger partial charge is 0.486 e. The van der Waals surface area contributed by atoms with Crippen molar-refractivity contribution in [2.24, 2.45) is 5.92 Å². The molecule has 8 heteroatoms. The Morgan fingerprint density at radius 2 is 1.96 bits per heavy atom. The van der Waals surface area contributed by atoms with Crippen LogP contribution < -0.4 is 20.1 Å². The SMILES string of the molecule is Cl.Cl.O=C(CCC1CCNC1)Nc1cccc(-c2ccc3c(c2)OCCO3)n1. The van der Waals surface area contributed by atoms with Crippen LogP contribution in [0.4, 0.5) is 5.82 Å². The molecule has 1 fully saturated rings. The lowest BCUT2D eigenvalue weighted by Gasteiger charge is -2.18. The molecule has 2 aliphatic rings. The standard InChI is InChI=1S/C20H23N3O3.2ClH/c24-20(7-4-14-8-9-21-13-14)23-19-3-1-2-16(22-19)15-5-6-17-18(12-15)26-11-10-25-17;;/h1-3,5-6,12,14,21H,4,7-11,13H2,(H,22,23,24);2*1H. The van der Waals surface area contributed by atoms with E-state index in [1.807, 2.05) is 36.4 Å². The maximum atomic E-state index is 12.2. The summed E-state index contributed by atoms with van der Waals surface area (Å²) in [6.07, 6.45) is 2.61. The van der Waals surface area contributed by atoms with Crippen molar-refractivity contribution in [1.82, 2.24) is 10.3 Å². The number of hydrogen-bond donors (Lipinski definition) is 2. The minimum absolute atomic E-state index is 0. The van der Waals surface area contributed by atoms with Crippen molar-refractivity contribution >= 4 is 36.5 Å². The number of halogens is 2. The van der Waals surface area contributed by atoms with Crippen LogP contribution in [0.15, 0.2) is 36.4 Å². The highest BCUT2D eigenvalue weighted by molar-refractivity contribution is 5.90. The lowest BCUT2D eigenvalue weighted by Crippen LogP contribution is -2.16. The normalized spacial score (nSPS) is 17.2. The van der Waals surface area contributed by atoms with Crippen LogP contribution in [0.3, 0.4) is 0 Å². The second kappa shape index (κ2) is 10.5. The molecular formula is C20H25Cl2N3O3. The summed E-state index contributed by atoms with van der Waals surface area (Å²) in [6, 6.07) is 11.4. The quantitative estimate of drug-likeness (QED) is 0.763. The first kappa shape index (κ1) is 22.3. The molecule has 1 aromatic heterocycles. The van der Waals surface area contributed by atoms with Crippen molar-refractivity contribution in [2.75, 3.05) is 31.6 Å². The van der Waals surface area contributed by atoms with Crippen LogP contribution >= 0.6 is 24.8 Å². The summed E-state index contributed by atoms with van der Waals surface area (Å²) in [6.45, 7) is 3.20. The molecule has 0 bridgehead atoms. The van der Waals surface area contributed by atoms with Gasteiger partial charge in [0.1, 0.15) is 19.0 Å². The van der Waals surface area contributed by atoms with Crippen LogP contribution in [-0.4, -0.2) is 37.2 Å². The number of nitrogens with zero attached hydrogens (tertiary/aromatic N) is 1. The maximum absolute atomic E-state index is 12.2. The molecule has 28 heavy (non-hydrogen) atoms. The number of anilines is 1. The molecule has 1 amide bonds. The fraction of sp³-hybridized carbons (Fsp3) is 0.400. The van der Waals surface area contributed by atoms with E-state index >= 15 is 0 Å². The molecule has 0 spiro atoms. The van der Waals surface area contributed by atoms with Gasteiger partial charge in [0, 0.05) is 12.0 Å². The van der Waals surface area contributed by atoms with Gasteiger partial charge in [-0.2, -0.15) is 0 Å². The molecule has 0 saturated carbocycles. The molecule has 3 heterocycles. The molecular weight excluding hydrogens is 401 g/mol. The number of aromatic nitrogens is 1. The molecule has 2 aliphatic heterocycles. The average molecular weight is 426 g/mol. The molecule has 0 radical (unpaired) electrons. The molecule has 0 aliphatic carbocycles. The summed E-state index contributed by atoms with van der Waals surface area (Å²) in [4.78, 5) is 16.8. The van der Waals surface area contributed by atoms with Gasteiger partial charge < -0.3 is 20.1 Å². The van der Waals surface area contributed by atoms with E-state index in [1.54, 1.807) is 0 Å². The monoisotopic (exact) mass is 425 g/mol. The van der Waals surface area contributed by atoms with Gasteiger partial charge in [-0.3, -0.25) is 4.79 Å². The molecule has 6 nitrogen and oxygen atoms in total. The lowest BCUT2D eigenvalue weighted by molar-refractivity contribution is -0.116. The van der Waals surface area contributed by atoms with Crippen LogP contribution in [0.1, 0.15) is 19.3 Å². The summed E-state index contributed by atoms with van der Waals surface area (Å²) in [5.41, 5.74) is 1.72. The van der Waals surface area contributed by atoms with E-state index in [9.17, 15) is 4.79 Å². The number of carbonyl (C=O) groups excluding carboxylic acids is 1. The van der Waals surface area contributed by atoms with Crippen LogP contribution in [0, 0.1) is 5.92 Å². The van der Waals surface area contributed by atoms with Gasteiger partial charge in [0.05, 0.1) is 5.69 Å². The summed E-state index contributed by atoms with van der Waals surface area (Å²) in [5, 5.41) is 6.24. The molecule has 1 aromatic carbocycles. The number of carbonyl (C=O) groups is 1. The number of hydrogen-bond acceptors (Lipinski definition) is 5. The van der Waals surface area contributed by atoms with E-state index in [4.69, 9.17) is 9.47 Å². The highest BCUT2D eigenvalue weighted by atomic mass is 35.5. The van der Waals surface area contributed by atoms with Crippen molar-refractivity contribution in [2.45, 2.75) is 19.3 Å². The first-order valence-corrected chi connectivity index (χ1v) is 9.15. The van der Waals surface area contributed by atoms with E-state index in [0.29, 0.717) is 31.4 Å². The second-order valence-electron chi connectivity index (χ2n) is 6.71. The van der Waals surface area contributed by atoms with Gasteiger partial charge in [-0.05, 0) is 62.2 Å². The minimum Gasteiger partial charge on any atom is -0.486 e. The second-order valence-corrected chi connectivity index (χ2v) is 6.71. The maximum Gasteiger partial charge on any atom is 0.225 e. The highest BCUT2D eigenvalue weighted by Gasteiger charge is 2.16. The van der Waals surface area contributed by atoms with Crippen molar-refractivity contribution < 1.29 is 14.3 Å². The predicted octanol–water partition coefficient (Wildman–Crippen LogP) is 3.69. The van der Waals surface area contributed by atoms with E-state index in [1.165, 1.54) is 0 Å². The number of benzene rings is 1. The van der Waals surface area contributed by atoms with Gasteiger partial charge in [-0.1, -0.05) is 6.07 Å². The number of amides is 1. The third-order valence-electron chi connectivity index (χ3n) is 4.80. The summed E-state index contributed by atoms with van der Waals surface area (Å²) in [5.74, 6) is 2.69. The molecule has 1 unspecified atom stereocenters. The molecule has 2 aromatic rings.